The summed E-state index contributed by atoms with van der Waals surface area (Å²) in [5.74, 6) is -0.0438. The first-order chi connectivity index (χ1) is 12.9. The largest absolute Gasteiger partial charge is 0.473 e. The van der Waals surface area contributed by atoms with E-state index in [1.54, 1.807) is 19.1 Å². The van der Waals surface area contributed by atoms with E-state index in [0.717, 1.165) is 6.20 Å². The Balaban J connectivity index is 1.85. The van der Waals surface area contributed by atoms with E-state index in [-0.39, 0.29) is 12.5 Å². The van der Waals surface area contributed by atoms with Gasteiger partial charge in [0.2, 0.25) is 5.88 Å². The van der Waals surface area contributed by atoms with Gasteiger partial charge >= 0.3 is 0 Å². The molecule has 140 valence electrons. The Morgan fingerprint density at radius 3 is 2.70 bits per heavy atom. The summed E-state index contributed by atoms with van der Waals surface area (Å²) in [6.45, 7) is 5.72. The number of ether oxygens (including phenoxy) is 1. The molecule has 0 aliphatic carbocycles. The molecule has 0 aliphatic rings. The number of aromatic nitrogens is 3. The van der Waals surface area contributed by atoms with Gasteiger partial charge in [-0.15, -0.1) is 0 Å². The van der Waals surface area contributed by atoms with Crippen molar-refractivity contribution >= 4 is 5.91 Å². The lowest BCUT2D eigenvalue weighted by Crippen LogP contribution is -2.16. The van der Waals surface area contributed by atoms with Gasteiger partial charge in [0.05, 0.1) is 28.7 Å². The summed E-state index contributed by atoms with van der Waals surface area (Å²) in [6, 6.07) is 6.01. The van der Waals surface area contributed by atoms with Crippen LogP contribution < -0.4 is 10.5 Å². The van der Waals surface area contributed by atoms with Gasteiger partial charge in [-0.1, -0.05) is 19.0 Å². The first-order valence-electron chi connectivity index (χ1n) is 8.37. The third-order valence-corrected chi connectivity index (χ3v) is 4.03. The molecule has 2 N–H and O–H groups in total. The summed E-state index contributed by atoms with van der Waals surface area (Å²) in [4.78, 5) is 20.0. The summed E-state index contributed by atoms with van der Waals surface area (Å²) in [6.07, 6.45) is 1.11. The van der Waals surface area contributed by atoms with E-state index in [1.807, 2.05) is 13.8 Å². The minimum Gasteiger partial charge on any atom is -0.473 e. The fraction of sp³-hybridized carbons (Fsp3) is 0.263. The molecule has 0 spiro atoms. The number of carbonyl (C=O) groups is 1. The van der Waals surface area contributed by atoms with Crippen molar-refractivity contribution in [2.75, 3.05) is 0 Å². The molecule has 0 aliphatic heterocycles. The van der Waals surface area contributed by atoms with Crippen molar-refractivity contribution in [1.29, 1.82) is 0 Å². The highest BCUT2D eigenvalue weighted by Crippen LogP contribution is 2.26. The van der Waals surface area contributed by atoms with Crippen molar-refractivity contribution < 1.29 is 18.4 Å². The highest BCUT2D eigenvalue weighted by atomic mass is 19.1. The molecule has 0 bridgehead atoms. The number of halogens is 1. The van der Waals surface area contributed by atoms with Crippen LogP contribution in [0.3, 0.4) is 0 Å². The molecule has 7 nitrogen and oxygen atoms in total. The van der Waals surface area contributed by atoms with Crippen LogP contribution in [0.2, 0.25) is 0 Å². The van der Waals surface area contributed by atoms with Crippen LogP contribution in [0.1, 0.15) is 47.1 Å². The van der Waals surface area contributed by atoms with Crippen LogP contribution in [0.15, 0.2) is 35.0 Å². The van der Waals surface area contributed by atoms with Crippen molar-refractivity contribution in [3.8, 4) is 17.3 Å². The molecule has 0 aromatic carbocycles. The molecule has 0 saturated heterocycles. The second-order valence-electron chi connectivity index (χ2n) is 6.32. The van der Waals surface area contributed by atoms with Crippen LogP contribution in [-0.4, -0.2) is 21.0 Å². The fourth-order valence-corrected chi connectivity index (χ4v) is 2.61. The second-order valence-corrected chi connectivity index (χ2v) is 6.32. The van der Waals surface area contributed by atoms with Crippen LogP contribution in [0.4, 0.5) is 4.39 Å². The Hall–Kier alpha value is -3.29. The van der Waals surface area contributed by atoms with E-state index in [0.29, 0.717) is 39.8 Å². The van der Waals surface area contributed by atoms with Crippen LogP contribution in [0.25, 0.3) is 11.4 Å². The number of carbonyl (C=O) groups excluding carboxylic acids is 1. The quantitative estimate of drug-likeness (QED) is 0.713. The fourth-order valence-electron chi connectivity index (χ4n) is 2.61. The topological polar surface area (TPSA) is 104 Å². The molecule has 3 heterocycles. The normalized spacial score (nSPS) is 11.0. The molecule has 3 rings (SSSR count). The van der Waals surface area contributed by atoms with Crippen LogP contribution in [-0.2, 0) is 6.61 Å². The third kappa shape index (κ3) is 3.94. The smallest absolute Gasteiger partial charge is 0.250 e. The first kappa shape index (κ1) is 18.5. The van der Waals surface area contributed by atoms with Gasteiger partial charge in [-0.05, 0) is 31.0 Å². The molecular formula is C19H19FN4O3. The molecule has 0 radical (unpaired) electrons. The van der Waals surface area contributed by atoms with Gasteiger partial charge in [-0.3, -0.25) is 9.78 Å². The molecule has 8 heteroatoms. The Bertz CT molecular complexity index is 968. The lowest BCUT2D eigenvalue weighted by Gasteiger charge is -2.12. The lowest BCUT2D eigenvalue weighted by atomic mass is 10.0. The van der Waals surface area contributed by atoms with Crippen molar-refractivity contribution in [3.05, 3.63) is 58.9 Å². The Morgan fingerprint density at radius 1 is 1.30 bits per heavy atom. The first-order valence-corrected chi connectivity index (χ1v) is 8.37. The average molecular weight is 370 g/mol. The number of nitrogens with zero attached hydrogens (tertiary/aromatic N) is 3. The van der Waals surface area contributed by atoms with Gasteiger partial charge in [0, 0.05) is 6.07 Å². The van der Waals surface area contributed by atoms with Crippen LogP contribution >= 0.6 is 0 Å². The van der Waals surface area contributed by atoms with E-state index >= 15 is 0 Å². The maximum Gasteiger partial charge on any atom is 0.250 e. The summed E-state index contributed by atoms with van der Waals surface area (Å²) in [7, 11) is 0. The summed E-state index contributed by atoms with van der Waals surface area (Å²) in [5, 5.41) is 3.99. The highest BCUT2D eigenvalue weighted by Gasteiger charge is 2.18. The van der Waals surface area contributed by atoms with Gasteiger partial charge < -0.3 is 15.0 Å². The number of hydrogen-bond donors (Lipinski definition) is 1. The molecule has 0 fully saturated rings. The Kier molecular flexibility index (Phi) is 5.16. The van der Waals surface area contributed by atoms with E-state index in [1.165, 1.54) is 12.1 Å². The number of hydrogen-bond acceptors (Lipinski definition) is 6. The molecular weight excluding hydrogens is 351 g/mol. The van der Waals surface area contributed by atoms with E-state index in [4.69, 9.17) is 15.0 Å². The van der Waals surface area contributed by atoms with Gasteiger partial charge in [0.25, 0.3) is 5.91 Å². The van der Waals surface area contributed by atoms with Crippen molar-refractivity contribution in [2.45, 2.75) is 33.3 Å². The number of primary amides is 1. The zero-order valence-corrected chi connectivity index (χ0v) is 15.2. The Labute approximate surface area is 155 Å². The summed E-state index contributed by atoms with van der Waals surface area (Å²) in [5.41, 5.74) is 7.97. The standard InChI is InChI=1S/C19H19FN4O3/c1-10(2)17-13(19(21)25)5-7-16(23-17)26-9-14-11(3)27-24-18(14)15-6-4-12(20)8-22-15/h4-8,10H,9H2,1-3H3,(H2,21,25). The SMILES string of the molecule is Cc1onc(-c2ccc(F)cn2)c1COc1ccc(C(N)=O)c(C(C)C)n1. The molecule has 0 atom stereocenters. The zero-order chi connectivity index (χ0) is 19.6. The molecule has 3 aromatic heterocycles. The van der Waals surface area contributed by atoms with Crippen LogP contribution in [0, 0.1) is 12.7 Å². The van der Waals surface area contributed by atoms with E-state index < -0.39 is 11.7 Å². The number of aryl methyl sites for hydroxylation is 1. The number of pyridine rings is 2. The van der Waals surface area contributed by atoms with Gasteiger partial charge in [-0.2, -0.15) is 0 Å². The van der Waals surface area contributed by atoms with Crippen molar-refractivity contribution in [2.24, 2.45) is 5.73 Å². The molecule has 1 amide bonds. The van der Waals surface area contributed by atoms with Crippen molar-refractivity contribution in [3.63, 3.8) is 0 Å². The van der Waals surface area contributed by atoms with Crippen LogP contribution in [0.5, 0.6) is 5.88 Å². The van der Waals surface area contributed by atoms with E-state index in [9.17, 15) is 9.18 Å². The second kappa shape index (κ2) is 7.53. The predicted molar refractivity (Wildman–Crippen MR) is 95.6 cm³/mol. The third-order valence-electron chi connectivity index (χ3n) is 4.03. The number of amides is 1. The van der Waals surface area contributed by atoms with E-state index in [2.05, 4.69) is 15.1 Å². The van der Waals surface area contributed by atoms with Gasteiger partial charge in [0.1, 0.15) is 23.9 Å². The number of nitrogens with two attached hydrogens (primary N) is 1. The zero-order valence-electron chi connectivity index (χ0n) is 15.2. The molecule has 0 saturated carbocycles. The minimum absolute atomic E-state index is 0.00681. The lowest BCUT2D eigenvalue weighted by molar-refractivity contribution is 0.0998. The summed E-state index contributed by atoms with van der Waals surface area (Å²) < 4.78 is 24.1. The molecule has 27 heavy (non-hydrogen) atoms. The summed E-state index contributed by atoms with van der Waals surface area (Å²) >= 11 is 0. The maximum absolute atomic E-state index is 13.1. The van der Waals surface area contributed by atoms with Gasteiger partial charge in [0.15, 0.2) is 0 Å². The monoisotopic (exact) mass is 370 g/mol. The Morgan fingerprint density at radius 2 is 2.07 bits per heavy atom. The van der Waals surface area contributed by atoms with Crippen molar-refractivity contribution in [1.82, 2.24) is 15.1 Å². The molecule has 0 unspecified atom stereocenters. The number of rotatable bonds is 6. The average Bonchev–Trinajstić information content (AvgIpc) is 3.00. The molecule has 3 aromatic rings. The van der Waals surface area contributed by atoms with Gasteiger partial charge in [-0.25, -0.2) is 9.37 Å². The predicted octanol–water partition coefficient (Wildman–Crippen LogP) is 3.38. The highest BCUT2D eigenvalue weighted by molar-refractivity contribution is 5.94. The maximum atomic E-state index is 13.1. The minimum atomic E-state index is -0.530.